The summed E-state index contributed by atoms with van der Waals surface area (Å²) in [6.07, 6.45) is 1.45. The smallest absolute Gasteiger partial charge is 0.309 e. The lowest BCUT2D eigenvalue weighted by atomic mass is 10.0. The minimum atomic E-state index is -3.97. The zero-order valence-corrected chi connectivity index (χ0v) is 12.6. The molecule has 0 spiro atoms. The molecular formula is C12H24O5S. The fourth-order valence-electron chi connectivity index (χ4n) is 1.38. The molecule has 2 atom stereocenters. The number of esters is 1. The van der Waals surface area contributed by atoms with Crippen LogP contribution in [0.15, 0.2) is 0 Å². The minimum Gasteiger partial charge on any atom is -0.460 e. The van der Waals surface area contributed by atoms with Gasteiger partial charge in [0.25, 0.3) is 10.1 Å². The van der Waals surface area contributed by atoms with Crippen molar-refractivity contribution in [1.82, 2.24) is 0 Å². The molecule has 0 bridgehead atoms. The van der Waals surface area contributed by atoms with E-state index in [0.717, 1.165) is 0 Å². The molecule has 0 aromatic rings. The van der Waals surface area contributed by atoms with E-state index in [9.17, 15) is 13.2 Å². The standard InChI is InChI=1S/C12H24O5S/c1-9(11(13)17-12(3,4)5)7-6-8-10(2)18(14,15)16/h9-10H,6-8H2,1-5H3,(H,14,15,16). The van der Waals surface area contributed by atoms with Gasteiger partial charge in [-0.05, 0) is 40.5 Å². The Morgan fingerprint density at radius 1 is 1.22 bits per heavy atom. The molecule has 18 heavy (non-hydrogen) atoms. The summed E-state index contributed by atoms with van der Waals surface area (Å²) in [5.41, 5.74) is -0.507. The predicted octanol–water partition coefficient (Wildman–Crippen LogP) is 2.41. The summed E-state index contributed by atoms with van der Waals surface area (Å²) < 4.78 is 35.6. The summed E-state index contributed by atoms with van der Waals surface area (Å²) in [5, 5.41) is -0.789. The number of carbonyl (C=O) groups excluding carboxylic acids is 1. The van der Waals surface area contributed by atoms with E-state index in [0.29, 0.717) is 19.3 Å². The molecule has 0 aliphatic carbocycles. The Balaban J connectivity index is 4.05. The average Bonchev–Trinajstić information content (AvgIpc) is 2.12. The molecule has 0 amide bonds. The van der Waals surface area contributed by atoms with E-state index < -0.39 is 21.0 Å². The van der Waals surface area contributed by atoms with E-state index >= 15 is 0 Å². The van der Waals surface area contributed by atoms with Crippen molar-refractivity contribution in [2.45, 2.75) is 64.7 Å². The van der Waals surface area contributed by atoms with Crippen LogP contribution in [-0.4, -0.2) is 29.8 Å². The Kier molecular flexibility index (Phi) is 6.29. The van der Waals surface area contributed by atoms with Crippen molar-refractivity contribution < 1.29 is 22.5 Å². The van der Waals surface area contributed by atoms with E-state index in [1.54, 1.807) is 27.7 Å². The minimum absolute atomic E-state index is 0.266. The maximum absolute atomic E-state index is 11.6. The summed E-state index contributed by atoms with van der Waals surface area (Å²) in [7, 11) is -3.97. The van der Waals surface area contributed by atoms with Gasteiger partial charge in [-0.3, -0.25) is 9.35 Å². The lowest BCUT2D eigenvalue weighted by molar-refractivity contribution is -0.159. The van der Waals surface area contributed by atoms with Gasteiger partial charge in [-0.25, -0.2) is 0 Å². The zero-order chi connectivity index (χ0) is 14.6. The van der Waals surface area contributed by atoms with Gasteiger partial charge in [-0.15, -0.1) is 0 Å². The third-order valence-corrected chi connectivity index (χ3v) is 3.82. The lowest BCUT2D eigenvalue weighted by Crippen LogP contribution is -2.27. The molecule has 0 fully saturated rings. The Morgan fingerprint density at radius 3 is 2.11 bits per heavy atom. The Hall–Kier alpha value is -0.620. The van der Waals surface area contributed by atoms with Gasteiger partial charge in [0, 0.05) is 0 Å². The van der Waals surface area contributed by atoms with E-state index in [1.807, 2.05) is 0 Å². The number of rotatable bonds is 6. The van der Waals surface area contributed by atoms with Gasteiger partial charge in [0.05, 0.1) is 11.2 Å². The number of ether oxygens (including phenoxy) is 1. The van der Waals surface area contributed by atoms with Crippen LogP contribution in [0.3, 0.4) is 0 Å². The Bertz CT molecular complexity index is 366. The SMILES string of the molecule is CC(CCCC(C)S(=O)(=O)O)C(=O)OC(C)(C)C. The first-order valence-electron chi connectivity index (χ1n) is 6.12. The topological polar surface area (TPSA) is 80.7 Å². The van der Waals surface area contributed by atoms with E-state index in [4.69, 9.17) is 9.29 Å². The van der Waals surface area contributed by atoms with Gasteiger partial charge in [-0.1, -0.05) is 13.3 Å². The fraction of sp³-hybridized carbons (Fsp3) is 0.917. The number of hydrogen-bond donors (Lipinski definition) is 1. The molecule has 0 radical (unpaired) electrons. The molecule has 1 N–H and O–H groups in total. The maximum atomic E-state index is 11.6. The van der Waals surface area contributed by atoms with E-state index in [-0.39, 0.29) is 11.9 Å². The van der Waals surface area contributed by atoms with Crippen molar-refractivity contribution in [3.8, 4) is 0 Å². The highest BCUT2D eigenvalue weighted by molar-refractivity contribution is 7.86. The van der Waals surface area contributed by atoms with Crippen LogP contribution >= 0.6 is 0 Å². The predicted molar refractivity (Wildman–Crippen MR) is 69.9 cm³/mol. The third-order valence-electron chi connectivity index (χ3n) is 2.57. The highest BCUT2D eigenvalue weighted by Crippen LogP contribution is 2.17. The summed E-state index contributed by atoms with van der Waals surface area (Å²) in [6, 6.07) is 0. The maximum Gasteiger partial charge on any atom is 0.309 e. The van der Waals surface area contributed by atoms with Crippen LogP contribution in [0.5, 0.6) is 0 Å². The molecule has 5 nitrogen and oxygen atoms in total. The first-order valence-corrected chi connectivity index (χ1v) is 7.63. The van der Waals surface area contributed by atoms with Crippen molar-refractivity contribution >= 4 is 16.1 Å². The van der Waals surface area contributed by atoms with Gasteiger partial charge in [-0.2, -0.15) is 8.42 Å². The summed E-state index contributed by atoms with van der Waals surface area (Å²) in [6.45, 7) is 8.62. The van der Waals surface area contributed by atoms with Crippen molar-refractivity contribution in [1.29, 1.82) is 0 Å². The molecule has 0 saturated heterocycles. The van der Waals surface area contributed by atoms with E-state index in [1.165, 1.54) is 6.92 Å². The van der Waals surface area contributed by atoms with Gasteiger partial charge < -0.3 is 4.74 Å². The van der Waals surface area contributed by atoms with Gasteiger partial charge in [0.2, 0.25) is 0 Å². The first kappa shape index (κ1) is 17.4. The van der Waals surface area contributed by atoms with Crippen molar-refractivity contribution in [3.05, 3.63) is 0 Å². The molecular weight excluding hydrogens is 256 g/mol. The molecule has 108 valence electrons. The summed E-state index contributed by atoms with van der Waals surface area (Å²) >= 11 is 0. The molecule has 0 aliphatic heterocycles. The second kappa shape index (κ2) is 6.52. The van der Waals surface area contributed by atoms with Gasteiger partial charge in [0.1, 0.15) is 5.60 Å². The highest BCUT2D eigenvalue weighted by Gasteiger charge is 2.22. The monoisotopic (exact) mass is 280 g/mol. The van der Waals surface area contributed by atoms with Crippen LogP contribution in [0.2, 0.25) is 0 Å². The van der Waals surface area contributed by atoms with Crippen LogP contribution < -0.4 is 0 Å². The van der Waals surface area contributed by atoms with Crippen LogP contribution in [0, 0.1) is 5.92 Å². The van der Waals surface area contributed by atoms with Crippen LogP contribution in [0.4, 0.5) is 0 Å². The summed E-state index contributed by atoms with van der Waals surface area (Å²) in [4.78, 5) is 11.6. The Labute approximate surface area is 110 Å². The molecule has 6 heteroatoms. The number of carbonyl (C=O) groups is 1. The second-order valence-corrected chi connectivity index (χ2v) is 7.53. The normalized spacial score (nSPS) is 16.1. The van der Waals surface area contributed by atoms with Crippen molar-refractivity contribution in [2.75, 3.05) is 0 Å². The zero-order valence-electron chi connectivity index (χ0n) is 11.8. The van der Waals surface area contributed by atoms with Crippen molar-refractivity contribution in [2.24, 2.45) is 5.92 Å². The van der Waals surface area contributed by atoms with Crippen LogP contribution in [0.1, 0.15) is 53.9 Å². The quantitative estimate of drug-likeness (QED) is 0.597. The van der Waals surface area contributed by atoms with E-state index in [2.05, 4.69) is 0 Å². The fourth-order valence-corrected chi connectivity index (χ4v) is 1.85. The average molecular weight is 280 g/mol. The van der Waals surface area contributed by atoms with Crippen LogP contribution in [-0.2, 0) is 19.6 Å². The lowest BCUT2D eigenvalue weighted by Gasteiger charge is -2.22. The molecule has 0 aromatic carbocycles. The largest absolute Gasteiger partial charge is 0.460 e. The molecule has 0 saturated carbocycles. The molecule has 0 heterocycles. The van der Waals surface area contributed by atoms with Gasteiger partial charge >= 0.3 is 5.97 Å². The number of hydrogen-bond acceptors (Lipinski definition) is 4. The second-order valence-electron chi connectivity index (χ2n) is 5.69. The molecule has 2 unspecified atom stereocenters. The van der Waals surface area contributed by atoms with Crippen LogP contribution in [0.25, 0.3) is 0 Å². The Morgan fingerprint density at radius 2 is 1.72 bits per heavy atom. The molecule has 0 aromatic heterocycles. The third kappa shape index (κ3) is 7.66. The summed E-state index contributed by atoms with van der Waals surface area (Å²) in [5.74, 6) is -0.542. The van der Waals surface area contributed by atoms with Crippen molar-refractivity contribution in [3.63, 3.8) is 0 Å². The van der Waals surface area contributed by atoms with Gasteiger partial charge in [0.15, 0.2) is 0 Å². The molecule has 0 aliphatic rings. The highest BCUT2D eigenvalue weighted by atomic mass is 32.2. The first-order chi connectivity index (χ1) is 7.93. The molecule has 0 rings (SSSR count).